The number of carbonyl (C=O) groups excluding carboxylic acids is 2. The Morgan fingerprint density at radius 3 is 2.39 bits per heavy atom. The molecule has 0 aromatic heterocycles. The Balaban J connectivity index is 1.73. The van der Waals surface area contributed by atoms with Crippen molar-refractivity contribution in [2.75, 3.05) is 11.9 Å². The molecule has 0 radical (unpaired) electrons. The Labute approximate surface area is 165 Å². The highest BCUT2D eigenvalue weighted by Crippen LogP contribution is 2.17. The van der Waals surface area contributed by atoms with Crippen LogP contribution in [-0.2, 0) is 17.6 Å². The molecule has 0 heterocycles. The topological polar surface area (TPSA) is 55.4 Å². The first-order valence-corrected chi connectivity index (χ1v) is 9.37. The molecule has 3 rings (SSSR count). The van der Waals surface area contributed by atoms with Crippen LogP contribution in [0.4, 0.5) is 5.69 Å². The van der Waals surface area contributed by atoms with E-state index in [0.717, 1.165) is 18.4 Å². The van der Waals surface area contributed by atoms with E-state index >= 15 is 0 Å². The molecular formula is C24H23NO3. The summed E-state index contributed by atoms with van der Waals surface area (Å²) in [6.07, 6.45) is 1.64. The van der Waals surface area contributed by atoms with Crippen molar-refractivity contribution in [2.24, 2.45) is 0 Å². The first kappa shape index (κ1) is 19.4. The van der Waals surface area contributed by atoms with Crippen LogP contribution in [0.3, 0.4) is 0 Å². The molecule has 1 N–H and O–H groups in total. The lowest BCUT2D eigenvalue weighted by atomic mass is 9.99. The normalized spacial score (nSPS) is 10.3. The number of ether oxygens (including phenoxy) is 1. The van der Waals surface area contributed by atoms with Crippen molar-refractivity contribution in [3.63, 3.8) is 0 Å². The van der Waals surface area contributed by atoms with Crippen molar-refractivity contribution < 1.29 is 14.3 Å². The molecule has 1 amide bonds. The molecule has 0 aliphatic carbocycles. The summed E-state index contributed by atoms with van der Waals surface area (Å²) < 4.78 is 5.01. The molecule has 0 bridgehead atoms. The number of hydrogen-bond donors (Lipinski definition) is 1. The molecule has 4 heteroatoms. The highest BCUT2D eigenvalue weighted by Gasteiger charge is 2.13. The van der Waals surface area contributed by atoms with Gasteiger partial charge in [0.25, 0.3) is 5.91 Å². The van der Waals surface area contributed by atoms with Crippen molar-refractivity contribution in [3.8, 4) is 0 Å². The first-order valence-electron chi connectivity index (χ1n) is 9.37. The van der Waals surface area contributed by atoms with Gasteiger partial charge in [0.15, 0.2) is 0 Å². The fourth-order valence-corrected chi connectivity index (χ4v) is 3.02. The number of aryl methyl sites for hydroxylation is 2. The van der Waals surface area contributed by atoms with Crippen molar-refractivity contribution in [1.82, 2.24) is 0 Å². The molecule has 0 aliphatic heterocycles. The number of benzene rings is 3. The maximum atomic E-state index is 12.8. The standard InChI is InChI=1S/C24H23NO3/c1-2-28-24(27)20-12-8-13-21(17-20)25-23(26)22-14-7-6-11-19(22)16-15-18-9-4-3-5-10-18/h3-14,17H,2,15-16H2,1H3,(H,25,26). The van der Waals surface area contributed by atoms with E-state index in [9.17, 15) is 9.59 Å². The molecule has 142 valence electrons. The van der Waals surface area contributed by atoms with Gasteiger partial charge in [0, 0.05) is 11.3 Å². The second-order valence-electron chi connectivity index (χ2n) is 6.40. The van der Waals surface area contributed by atoms with Crippen LogP contribution in [0.1, 0.15) is 38.8 Å². The molecule has 0 aliphatic rings. The molecule has 3 aromatic carbocycles. The van der Waals surface area contributed by atoms with Crippen molar-refractivity contribution in [1.29, 1.82) is 0 Å². The van der Waals surface area contributed by atoms with E-state index in [1.807, 2.05) is 42.5 Å². The number of hydrogen-bond acceptors (Lipinski definition) is 3. The summed E-state index contributed by atoms with van der Waals surface area (Å²) in [6, 6.07) is 24.6. The average molecular weight is 373 g/mol. The minimum Gasteiger partial charge on any atom is -0.462 e. The largest absolute Gasteiger partial charge is 0.462 e. The number of nitrogens with one attached hydrogen (secondary N) is 1. The number of anilines is 1. The summed E-state index contributed by atoms with van der Waals surface area (Å²) in [5, 5.41) is 2.89. The third-order valence-corrected chi connectivity index (χ3v) is 4.42. The van der Waals surface area contributed by atoms with Gasteiger partial charge < -0.3 is 10.1 Å². The highest BCUT2D eigenvalue weighted by atomic mass is 16.5. The van der Waals surface area contributed by atoms with Crippen LogP contribution in [-0.4, -0.2) is 18.5 Å². The summed E-state index contributed by atoms with van der Waals surface area (Å²) in [5.74, 6) is -0.591. The van der Waals surface area contributed by atoms with Crippen LogP contribution in [0.15, 0.2) is 78.9 Å². The van der Waals surface area contributed by atoms with Gasteiger partial charge in [-0.05, 0) is 55.2 Å². The van der Waals surface area contributed by atoms with Crippen LogP contribution in [0.25, 0.3) is 0 Å². The summed E-state index contributed by atoms with van der Waals surface area (Å²) in [6.45, 7) is 2.07. The number of esters is 1. The molecule has 28 heavy (non-hydrogen) atoms. The fourth-order valence-electron chi connectivity index (χ4n) is 3.02. The van der Waals surface area contributed by atoms with Crippen LogP contribution in [0.5, 0.6) is 0 Å². The number of carbonyl (C=O) groups is 2. The highest BCUT2D eigenvalue weighted by molar-refractivity contribution is 6.05. The van der Waals surface area contributed by atoms with E-state index in [1.165, 1.54) is 5.56 Å². The van der Waals surface area contributed by atoms with E-state index in [4.69, 9.17) is 4.74 Å². The van der Waals surface area contributed by atoms with E-state index in [1.54, 1.807) is 31.2 Å². The van der Waals surface area contributed by atoms with E-state index in [0.29, 0.717) is 23.4 Å². The lowest BCUT2D eigenvalue weighted by Crippen LogP contribution is -2.15. The molecule has 0 unspecified atom stereocenters. The van der Waals surface area contributed by atoms with Gasteiger partial charge in [-0.25, -0.2) is 4.79 Å². The predicted octanol–water partition coefficient (Wildman–Crippen LogP) is 4.90. The molecule has 0 fully saturated rings. The smallest absolute Gasteiger partial charge is 0.338 e. The van der Waals surface area contributed by atoms with Gasteiger partial charge in [-0.3, -0.25) is 4.79 Å². The van der Waals surface area contributed by atoms with E-state index in [2.05, 4.69) is 17.4 Å². The Kier molecular flexibility index (Phi) is 6.58. The zero-order chi connectivity index (χ0) is 19.8. The van der Waals surface area contributed by atoms with Gasteiger partial charge >= 0.3 is 5.97 Å². The zero-order valence-corrected chi connectivity index (χ0v) is 15.9. The third kappa shape index (κ3) is 5.07. The average Bonchev–Trinajstić information content (AvgIpc) is 2.73. The third-order valence-electron chi connectivity index (χ3n) is 4.42. The molecule has 0 saturated heterocycles. The second kappa shape index (κ2) is 9.51. The van der Waals surface area contributed by atoms with Gasteiger partial charge in [0.05, 0.1) is 12.2 Å². The first-order chi connectivity index (χ1) is 13.7. The van der Waals surface area contributed by atoms with Crippen molar-refractivity contribution in [2.45, 2.75) is 19.8 Å². The Bertz CT molecular complexity index is 951. The van der Waals surface area contributed by atoms with E-state index < -0.39 is 5.97 Å². The van der Waals surface area contributed by atoms with Crippen LogP contribution < -0.4 is 5.32 Å². The van der Waals surface area contributed by atoms with Crippen molar-refractivity contribution >= 4 is 17.6 Å². The quantitative estimate of drug-likeness (QED) is 0.599. The van der Waals surface area contributed by atoms with E-state index in [-0.39, 0.29) is 5.91 Å². The lowest BCUT2D eigenvalue weighted by Gasteiger charge is -2.11. The van der Waals surface area contributed by atoms with Gasteiger partial charge in [-0.1, -0.05) is 54.6 Å². The maximum absolute atomic E-state index is 12.8. The van der Waals surface area contributed by atoms with Gasteiger partial charge in [-0.15, -0.1) is 0 Å². The molecule has 0 saturated carbocycles. The minimum atomic E-state index is -0.401. The van der Waals surface area contributed by atoms with Crippen LogP contribution in [0, 0.1) is 0 Å². The summed E-state index contributed by atoms with van der Waals surface area (Å²) in [5.41, 5.74) is 3.84. The Morgan fingerprint density at radius 2 is 1.61 bits per heavy atom. The molecular weight excluding hydrogens is 350 g/mol. The van der Waals surface area contributed by atoms with Crippen LogP contribution in [0.2, 0.25) is 0 Å². The molecule has 0 atom stereocenters. The fraction of sp³-hybridized carbons (Fsp3) is 0.167. The van der Waals surface area contributed by atoms with Gasteiger partial charge in [-0.2, -0.15) is 0 Å². The summed E-state index contributed by atoms with van der Waals surface area (Å²) in [4.78, 5) is 24.7. The SMILES string of the molecule is CCOC(=O)c1cccc(NC(=O)c2ccccc2CCc2ccccc2)c1. The Morgan fingerprint density at radius 1 is 0.857 bits per heavy atom. The zero-order valence-electron chi connectivity index (χ0n) is 15.9. The van der Waals surface area contributed by atoms with Crippen molar-refractivity contribution in [3.05, 3.63) is 101 Å². The van der Waals surface area contributed by atoms with Gasteiger partial charge in [0.2, 0.25) is 0 Å². The predicted molar refractivity (Wildman–Crippen MR) is 111 cm³/mol. The monoisotopic (exact) mass is 373 g/mol. The molecule has 0 spiro atoms. The molecule has 3 aromatic rings. The van der Waals surface area contributed by atoms with Gasteiger partial charge in [0.1, 0.15) is 0 Å². The number of amides is 1. The molecule has 4 nitrogen and oxygen atoms in total. The summed E-state index contributed by atoms with van der Waals surface area (Å²) in [7, 11) is 0. The second-order valence-corrected chi connectivity index (χ2v) is 6.40. The summed E-state index contributed by atoms with van der Waals surface area (Å²) >= 11 is 0. The maximum Gasteiger partial charge on any atom is 0.338 e. The Hall–Kier alpha value is -3.40. The minimum absolute atomic E-state index is 0.190. The van der Waals surface area contributed by atoms with Crippen LogP contribution >= 0.6 is 0 Å². The number of rotatable bonds is 7. The lowest BCUT2D eigenvalue weighted by molar-refractivity contribution is 0.0526.